The molecule has 2 heterocycles. The van der Waals surface area contributed by atoms with E-state index < -0.39 is 11.9 Å². The molecule has 5 N–H and O–H groups in total. The van der Waals surface area contributed by atoms with E-state index in [1.165, 1.54) is 0 Å². The van der Waals surface area contributed by atoms with E-state index in [0.29, 0.717) is 5.69 Å². The van der Waals surface area contributed by atoms with Crippen LogP contribution >= 0.6 is 0 Å². The molecule has 5 heteroatoms. The second-order valence-electron chi connectivity index (χ2n) is 5.17. The largest absolute Gasteiger partial charge is 0.470 e. The van der Waals surface area contributed by atoms with Crippen LogP contribution in [0.15, 0.2) is 54.8 Å². The first-order chi connectivity index (χ1) is 10.2. The topological polar surface area (TPSA) is 82.5 Å². The van der Waals surface area contributed by atoms with Gasteiger partial charge in [-0.25, -0.2) is 0 Å². The molecular weight excluding hydrogens is 266 g/mol. The second kappa shape index (κ2) is 4.25. The fourth-order valence-corrected chi connectivity index (χ4v) is 2.96. The van der Waals surface area contributed by atoms with Gasteiger partial charge in [-0.1, -0.05) is 18.2 Å². The van der Waals surface area contributed by atoms with Crippen molar-refractivity contribution in [2.45, 2.75) is 11.9 Å². The average molecular weight is 281 g/mol. The smallest absolute Gasteiger partial charge is 0.204 e. The van der Waals surface area contributed by atoms with Crippen LogP contribution in [0.3, 0.4) is 0 Å². The molecule has 106 valence electrons. The van der Waals surface area contributed by atoms with E-state index in [9.17, 15) is 0 Å². The molecule has 2 aromatic rings. The minimum absolute atomic E-state index is 0.600. The predicted octanol–water partition coefficient (Wildman–Crippen LogP) is 1.99. The molecule has 0 fully saturated rings. The highest BCUT2D eigenvalue weighted by Crippen LogP contribution is 2.48. The summed E-state index contributed by atoms with van der Waals surface area (Å²) in [6, 6.07) is 13.5. The maximum atomic E-state index is 5.98. The number of ether oxygens (including phenoxy) is 2. The van der Waals surface area contributed by atoms with Crippen molar-refractivity contribution in [3.8, 4) is 11.5 Å². The molecular formula is C16H15N3O2. The summed E-state index contributed by atoms with van der Waals surface area (Å²) in [5.74, 6) is 1.55. The van der Waals surface area contributed by atoms with Gasteiger partial charge in [0.15, 0.2) is 0 Å². The molecule has 0 saturated carbocycles. The molecule has 2 unspecified atom stereocenters. The number of para-hydroxylation sites is 1. The summed E-state index contributed by atoms with van der Waals surface area (Å²) >= 11 is 0. The van der Waals surface area contributed by atoms with Crippen LogP contribution in [0.5, 0.6) is 11.5 Å². The number of nitrogens with two attached hydrogens (primary N) is 2. The molecule has 2 aliphatic heterocycles. The molecule has 5 nitrogen and oxygen atoms in total. The number of hydrogen-bond acceptors (Lipinski definition) is 5. The maximum Gasteiger partial charge on any atom is 0.204 e. The number of fused-ring (bicyclic) bond motifs is 4. The highest BCUT2D eigenvalue weighted by atomic mass is 16.5. The standard InChI is InChI=1S/C16H15N3O2/c17-10-5-6-14-12(9-10)16(7-8-20-15(18)19-16)11-3-1-2-4-13(11)21-14/h1-9,15,19H,17-18H2. The second-order valence-corrected chi connectivity index (χ2v) is 5.17. The SMILES string of the molecule is Nc1ccc2c(c1)C1(C=COC(N)N1)c1ccccc1O2. The predicted molar refractivity (Wildman–Crippen MR) is 79.5 cm³/mol. The molecule has 0 radical (unpaired) electrons. The van der Waals surface area contributed by atoms with Crippen molar-refractivity contribution in [2.75, 3.05) is 5.73 Å². The van der Waals surface area contributed by atoms with Crippen LogP contribution in [-0.4, -0.2) is 6.35 Å². The monoisotopic (exact) mass is 281 g/mol. The summed E-state index contributed by atoms with van der Waals surface area (Å²) in [5, 5.41) is 3.30. The van der Waals surface area contributed by atoms with E-state index in [4.69, 9.17) is 20.9 Å². The first-order valence-corrected chi connectivity index (χ1v) is 6.73. The lowest BCUT2D eigenvalue weighted by molar-refractivity contribution is 0.0740. The third-order valence-corrected chi connectivity index (χ3v) is 3.87. The van der Waals surface area contributed by atoms with E-state index in [-0.39, 0.29) is 0 Å². The van der Waals surface area contributed by atoms with Gasteiger partial charge in [0, 0.05) is 16.8 Å². The van der Waals surface area contributed by atoms with Gasteiger partial charge in [0.05, 0.1) is 6.26 Å². The van der Waals surface area contributed by atoms with Crippen molar-refractivity contribution < 1.29 is 9.47 Å². The lowest BCUT2D eigenvalue weighted by Crippen LogP contribution is -2.55. The zero-order chi connectivity index (χ0) is 14.4. The summed E-state index contributed by atoms with van der Waals surface area (Å²) in [4.78, 5) is 0. The lowest BCUT2D eigenvalue weighted by Gasteiger charge is -2.42. The number of benzene rings is 2. The van der Waals surface area contributed by atoms with Gasteiger partial charge in [-0.15, -0.1) is 0 Å². The van der Waals surface area contributed by atoms with E-state index >= 15 is 0 Å². The Morgan fingerprint density at radius 3 is 2.71 bits per heavy atom. The number of hydrogen-bond donors (Lipinski definition) is 3. The minimum atomic E-state index is -0.601. The summed E-state index contributed by atoms with van der Waals surface area (Å²) in [6.45, 7) is 0. The van der Waals surface area contributed by atoms with Crippen LogP contribution < -0.4 is 21.5 Å². The first-order valence-electron chi connectivity index (χ1n) is 6.73. The van der Waals surface area contributed by atoms with Crippen molar-refractivity contribution >= 4 is 5.69 Å². The van der Waals surface area contributed by atoms with Gasteiger partial charge in [0.1, 0.15) is 17.0 Å². The third kappa shape index (κ3) is 1.72. The molecule has 1 spiro atoms. The van der Waals surface area contributed by atoms with Crippen LogP contribution in [0.25, 0.3) is 0 Å². The van der Waals surface area contributed by atoms with E-state index in [2.05, 4.69) is 5.32 Å². The lowest BCUT2D eigenvalue weighted by atomic mass is 9.79. The Bertz CT molecular complexity index is 744. The Kier molecular flexibility index (Phi) is 2.48. The van der Waals surface area contributed by atoms with Gasteiger partial charge in [-0.2, -0.15) is 0 Å². The molecule has 21 heavy (non-hydrogen) atoms. The fraction of sp³-hybridized carbons (Fsp3) is 0.125. The number of nitrogen functional groups attached to an aromatic ring is 1. The number of rotatable bonds is 0. The summed E-state index contributed by atoms with van der Waals surface area (Å²) in [7, 11) is 0. The molecule has 0 aromatic heterocycles. The molecule has 2 aliphatic rings. The molecule has 0 saturated heterocycles. The van der Waals surface area contributed by atoms with Crippen molar-refractivity contribution in [3.63, 3.8) is 0 Å². The van der Waals surface area contributed by atoms with Gasteiger partial charge < -0.3 is 15.2 Å². The van der Waals surface area contributed by atoms with Gasteiger partial charge in [0.25, 0.3) is 0 Å². The quantitative estimate of drug-likeness (QED) is 0.643. The fourth-order valence-electron chi connectivity index (χ4n) is 2.96. The number of nitrogens with one attached hydrogen (secondary N) is 1. The molecule has 0 aliphatic carbocycles. The summed E-state index contributed by atoms with van der Waals surface area (Å²) in [5.41, 5.74) is 13.9. The average Bonchev–Trinajstić information content (AvgIpc) is 2.49. The Morgan fingerprint density at radius 1 is 1.05 bits per heavy atom. The van der Waals surface area contributed by atoms with Crippen LogP contribution in [-0.2, 0) is 10.3 Å². The summed E-state index contributed by atoms with van der Waals surface area (Å²) in [6.07, 6.45) is 2.96. The van der Waals surface area contributed by atoms with Crippen molar-refractivity contribution in [1.29, 1.82) is 0 Å². The molecule has 4 rings (SSSR count). The van der Waals surface area contributed by atoms with Crippen molar-refractivity contribution in [3.05, 3.63) is 65.9 Å². The van der Waals surface area contributed by atoms with Gasteiger partial charge >= 0.3 is 0 Å². The van der Waals surface area contributed by atoms with E-state index in [1.807, 2.05) is 48.5 Å². The van der Waals surface area contributed by atoms with Crippen LogP contribution in [0.4, 0.5) is 5.69 Å². The highest BCUT2D eigenvalue weighted by molar-refractivity contribution is 5.63. The van der Waals surface area contributed by atoms with Crippen molar-refractivity contribution in [2.24, 2.45) is 5.73 Å². The normalized spacial score (nSPS) is 25.7. The minimum Gasteiger partial charge on any atom is -0.470 e. The molecule has 2 atom stereocenters. The van der Waals surface area contributed by atoms with Crippen molar-refractivity contribution in [1.82, 2.24) is 5.32 Å². The van der Waals surface area contributed by atoms with Gasteiger partial charge in [0.2, 0.25) is 6.35 Å². The molecule has 0 amide bonds. The van der Waals surface area contributed by atoms with E-state index in [1.54, 1.807) is 6.26 Å². The van der Waals surface area contributed by atoms with Crippen LogP contribution in [0, 0.1) is 0 Å². The van der Waals surface area contributed by atoms with Gasteiger partial charge in [-0.05, 0) is 30.3 Å². The first kappa shape index (κ1) is 12.3. The highest BCUT2D eigenvalue weighted by Gasteiger charge is 2.43. The van der Waals surface area contributed by atoms with E-state index in [0.717, 1.165) is 22.6 Å². The van der Waals surface area contributed by atoms with Crippen LogP contribution in [0.1, 0.15) is 11.1 Å². The van der Waals surface area contributed by atoms with Gasteiger partial charge in [-0.3, -0.25) is 11.1 Å². The van der Waals surface area contributed by atoms with Crippen LogP contribution in [0.2, 0.25) is 0 Å². The molecule has 2 aromatic carbocycles. The zero-order valence-corrected chi connectivity index (χ0v) is 11.2. The Hall–Kier alpha value is -2.50. The third-order valence-electron chi connectivity index (χ3n) is 3.87. The Labute approximate surface area is 122 Å². The number of anilines is 1. The Morgan fingerprint density at radius 2 is 1.86 bits per heavy atom. The molecule has 0 bridgehead atoms. The maximum absolute atomic E-state index is 5.98. The zero-order valence-electron chi connectivity index (χ0n) is 11.2. The Balaban J connectivity index is 2.03. The summed E-state index contributed by atoms with van der Waals surface area (Å²) < 4.78 is 11.3.